The standard InChI is InChI=1S/C35H50NO32P3/c1-19(37)52-13-58-69(45,59-14-53-20(2)38)66-32-29(51-12-25-10-27(48-7)28(49-8)11-26(25)36(43)44)33(67-70(46,60-15-54-21(3)39)61-16-55-22(4)40)34(31-30(32)64-35(50-9)65-31)68-71(47,62-17-56-23(5)41)63-18-57-24(6)42/h10-11,29-35H,12-18H2,1-9H3/t29-,30+,31-,32-,33+,34+,35?/m1/s1. The summed E-state index contributed by atoms with van der Waals surface area (Å²) in [5, 5.41) is 12.5. The minimum absolute atomic E-state index is 0.0991. The highest BCUT2D eigenvalue weighted by molar-refractivity contribution is 7.49. The lowest BCUT2D eigenvalue weighted by Gasteiger charge is -2.46. The zero-order valence-corrected chi connectivity index (χ0v) is 41.7. The lowest BCUT2D eigenvalue weighted by molar-refractivity contribution is -0.386. The Labute approximate surface area is 402 Å². The zero-order chi connectivity index (χ0) is 53.1. The SMILES string of the molecule is COc1cc(CO[C@@H]2[C@@H](OP(=O)(OCOC(C)=O)OCOC(C)=O)[C@H]3OC(OC)O[C@H]3[C@H](OP(=O)(OCOC(C)=O)OCOC(C)=O)[C@H]2OP(=O)(OCOC(C)=O)OCOC(C)=O)c([N+](=O)[O-])cc1OC. The highest BCUT2D eigenvalue weighted by Crippen LogP contribution is 2.60. The number of hydrogen-bond acceptors (Lipinski definition) is 32. The van der Waals surface area contributed by atoms with Crippen LogP contribution in [0.4, 0.5) is 5.69 Å². The summed E-state index contributed by atoms with van der Waals surface area (Å²) >= 11 is 0. The molecule has 71 heavy (non-hydrogen) atoms. The van der Waals surface area contributed by atoms with E-state index in [-0.39, 0.29) is 17.1 Å². The van der Waals surface area contributed by atoms with E-state index in [1.165, 1.54) is 14.2 Å². The van der Waals surface area contributed by atoms with Gasteiger partial charge in [0.1, 0.15) is 36.6 Å². The zero-order valence-electron chi connectivity index (χ0n) is 39.0. The van der Waals surface area contributed by atoms with Gasteiger partial charge < -0.3 is 56.8 Å². The van der Waals surface area contributed by atoms with E-state index in [1.54, 1.807) is 0 Å². The molecule has 0 amide bonds. The Morgan fingerprint density at radius 2 is 0.831 bits per heavy atom. The number of esters is 6. The number of hydrogen-bond donors (Lipinski definition) is 0. The van der Waals surface area contributed by atoms with Crippen molar-refractivity contribution in [3.8, 4) is 11.5 Å². The molecule has 1 saturated heterocycles. The number of phosphoric ester groups is 3. The lowest BCUT2D eigenvalue weighted by Crippen LogP contribution is -2.65. The van der Waals surface area contributed by atoms with Crippen LogP contribution in [-0.4, -0.2) is 146 Å². The topological polar surface area (TPSA) is 391 Å². The number of carbonyl (C=O) groups excluding carboxylic acids is 6. The lowest BCUT2D eigenvalue weighted by atomic mass is 9.85. The van der Waals surface area contributed by atoms with Gasteiger partial charge in [-0.1, -0.05) is 0 Å². The van der Waals surface area contributed by atoms with Gasteiger partial charge in [-0.15, -0.1) is 0 Å². The van der Waals surface area contributed by atoms with Gasteiger partial charge in [-0.05, 0) is 6.07 Å². The molecule has 1 heterocycles. The number of benzene rings is 1. The number of fused-ring (bicyclic) bond motifs is 1. The molecule has 0 aromatic heterocycles. The van der Waals surface area contributed by atoms with E-state index in [4.69, 9.17) is 97.6 Å². The second-order valence-electron chi connectivity index (χ2n) is 13.4. The third-order valence-corrected chi connectivity index (χ3v) is 12.5. The van der Waals surface area contributed by atoms with Crippen LogP contribution < -0.4 is 9.47 Å². The number of rotatable bonds is 31. The van der Waals surface area contributed by atoms with Gasteiger partial charge >= 0.3 is 59.3 Å². The highest BCUT2D eigenvalue weighted by Gasteiger charge is 2.64. The van der Waals surface area contributed by atoms with Crippen molar-refractivity contribution in [3.05, 3.63) is 27.8 Å². The monoisotopic (exact) mass is 1090 g/mol. The van der Waals surface area contributed by atoms with E-state index in [0.717, 1.165) is 60.8 Å². The molecule has 1 aromatic carbocycles. The first kappa shape index (κ1) is 60.5. The Balaban J connectivity index is 2.47. The molecule has 1 aliphatic carbocycles. The fourth-order valence-electron chi connectivity index (χ4n) is 5.55. The number of methoxy groups -OCH3 is 3. The fraction of sp³-hybridized carbons (Fsp3) is 0.657. The van der Waals surface area contributed by atoms with Gasteiger partial charge in [0.2, 0.25) is 40.8 Å². The summed E-state index contributed by atoms with van der Waals surface area (Å²) in [5.41, 5.74) is -1.04. The second-order valence-corrected chi connectivity index (χ2v) is 18.3. The maximum absolute atomic E-state index is 14.7. The van der Waals surface area contributed by atoms with Crippen molar-refractivity contribution in [2.75, 3.05) is 62.1 Å². The van der Waals surface area contributed by atoms with Crippen LogP contribution >= 0.6 is 23.5 Å². The van der Waals surface area contributed by atoms with Gasteiger partial charge in [0, 0.05) is 48.7 Å². The maximum atomic E-state index is 14.7. The van der Waals surface area contributed by atoms with Crippen LogP contribution in [0, 0.1) is 10.1 Å². The average Bonchev–Trinajstić information content (AvgIpc) is 3.71. The minimum atomic E-state index is -5.55. The number of ether oxygens (including phenoxy) is 12. The summed E-state index contributed by atoms with van der Waals surface area (Å²) in [6, 6.07) is 2.03. The molecule has 7 atom stereocenters. The van der Waals surface area contributed by atoms with Crippen molar-refractivity contribution in [1.82, 2.24) is 0 Å². The van der Waals surface area contributed by atoms with Crippen molar-refractivity contribution in [2.45, 2.75) is 91.2 Å². The Bertz CT molecular complexity index is 2100. The van der Waals surface area contributed by atoms with Gasteiger partial charge in [0.15, 0.2) is 11.5 Å². The first-order chi connectivity index (χ1) is 33.4. The first-order valence-electron chi connectivity index (χ1n) is 19.7. The molecule has 2 aliphatic rings. The second kappa shape index (κ2) is 28.5. The largest absolute Gasteiger partial charge is 0.493 e. The molecule has 0 N–H and O–H groups in total. The number of nitro benzene ring substituents is 1. The third-order valence-electron chi connectivity index (χ3n) is 8.48. The predicted molar refractivity (Wildman–Crippen MR) is 219 cm³/mol. The predicted octanol–water partition coefficient (Wildman–Crippen LogP) is 2.93. The summed E-state index contributed by atoms with van der Waals surface area (Å²) in [5.74, 6) is -6.20. The molecule has 1 unspecified atom stereocenters. The van der Waals surface area contributed by atoms with Gasteiger partial charge in [-0.3, -0.25) is 52.5 Å². The molecule has 402 valence electrons. The van der Waals surface area contributed by atoms with E-state index < -0.39 is 160 Å². The average molecular weight is 1090 g/mol. The van der Waals surface area contributed by atoms with E-state index in [2.05, 4.69) is 0 Å². The Morgan fingerprint density at radius 1 is 0.521 bits per heavy atom. The Morgan fingerprint density at radius 3 is 1.13 bits per heavy atom. The number of nitrogens with zero attached hydrogens (tertiary/aromatic N) is 1. The number of nitro groups is 1. The molecular weight excluding hydrogens is 1040 g/mol. The molecule has 3 rings (SSSR count). The first-order valence-corrected chi connectivity index (χ1v) is 24.1. The third kappa shape index (κ3) is 19.6. The van der Waals surface area contributed by atoms with Crippen molar-refractivity contribution in [2.24, 2.45) is 0 Å². The summed E-state index contributed by atoms with van der Waals surface area (Å²) < 4.78 is 155. The summed E-state index contributed by atoms with van der Waals surface area (Å²) in [7, 11) is -13.0. The van der Waals surface area contributed by atoms with E-state index in [1.807, 2.05) is 0 Å². The molecule has 36 heteroatoms. The molecule has 0 radical (unpaired) electrons. The summed E-state index contributed by atoms with van der Waals surface area (Å²) in [4.78, 5) is 82.0. The van der Waals surface area contributed by atoms with Crippen LogP contribution in [0.3, 0.4) is 0 Å². The van der Waals surface area contributed by atoms with Crippen LogP contribution in [0.5, 0.6) is 11.5 Å². The Hall–Kier alpha value is -4.79. The van der Waals surface area contributed by atoms with Crippen LogP contribution in [0.2, 0.25) is 0 Å². The normalized spacial score (nSPS) is 21.0. The van der Waals surface area contributed by atoms with Gasteiger partial charge in [-0.2, -0.15) is 0 Å². The molecule has 1 aliphatic heterocycles. The molecule has 1 aromatic rings. The maximum Gasteiger partial charge on any atom is 0.481 e. The summed E-state index contributed by atoms with van der Waals surface area (Å²) in [6.07, 6.45) is -13.3. The Kier molecular flexibility index (Phi) is 24.2. The van der Waals surface area contributed by atoms with Gasteiger partial charge in [-0.25, -0.2) is 40.8 Å². The van der Waals surface area contributed by atoms with E-state index >= 15 is 0 Å². The molecule has 0 bridgehead atoms. The van der Waals surface area contributed by atoms with Gasteiger partial charge in [0.05, 0.1) is 37.4 Å². The quantitative estimate of drug-likeness (QED) is 0.0257. The molecule has 33 nitrogen and oxygen atoms in total. The van der Waals surface area contributed by atoms with Crippen LogP contribution in [0.15, 0.2) is 12.1 Å². The van der Waals surface area contributed by atoms with E-state index in [0.29, 0.717) is 0 Å². The highest BCUT2D eigenvalue weighted by atomic mass is 31.2. The number of phosphoric acid groups is 3. The van der Waals surface area contributed by atoms with E-state index in [9.17, 15) is 52.6 Å². The van der Waals surface area contributed by atoms with Crippen molar-refractivity contribution >= 4 is 65.0 Å². The van der Waals surface area contributed by atoms with Gasteiger partial charge in [0.25, 0.3) is 12.2 Å². The van der Waals surface area contributed by atoms with Crippen LogP contribution in [0.1, 0.15) is 47.1 Å². The van der Waals surface area contributed by atoms with Crippen LogP contribution in [0.25, 0.3) is 0 Å². The fourth-order valence-corrected chi connectivity index (χ4v) is 8.84. The smallest absolute Gasteiger partial charge is 0.481 e. The number of carbonyl (C=O) groups is 6. The molecule has 0 spiro atoms. The molecule has 1 saturated carbocycles. The van der Waals surface area contributed by atoms with Crippen molar-refractivity contribution in [1.29, 1.82) is 0 Å². The van der Waals surface area contributed by atoms with Crippen LogP contribution in [-0.2, 0) is 137 Å². The van der Waals surface area contributed by atoms with Crippen molar-refractivity contribution < 1.29 is 145 Å². The molecular formula is C35H50NO32P3. The molecule has 2 fully saturated rings. The minimum Gasteiger partial charge on any atom is -0.493 e. The summed E-state index contributed by atoms with van der Waals surface area (Å²) in [6.45, 7) is -4.56. The van der Waals surface area contributed by atoms with Crippen molar-refractivity contribution in [3.63, 3.8) is 0 Å².